The molecular weight excluding hydrogens is 348 g/mol. The van der Waals surface area contributed by atoms with Crippen LogP contribution in [-0.4, -0.2) is 55.1 Å². The highest BCUT2D eigenvalue weighted by Gasteiger charge is 2.33. The number of carbonyl (C=O) groups is 1. The molecule has 3 heterocycles. The SMILES string of the molecule is CCc1nc(C(=O)NC)ccc1N1CCC(N2CCCC(C(C)(C)C)C2)CC1. The Balaban J connectivity index is 1.63. The van der Waals surface area contributed by atoms with E-state index in [9.17, 15) is 4.79 Å². The minimum absolute atomic E-state index is 0.113. The van der Waals surface area contributed by atoms with Crippen molar-refractivity contribution in [2.24, 2.45) is 11.3 Å². The van der Waals surface area contributed by atoms with Gasteiger partial charge in [0.25, 0.3) is 5.91 Å². The smallest absolute Gasteiger partial charge is 0.269 e. The summed E-state index contributed by atoms with van der Waals surface area (Å²) in [5.74, 6) is 0.700. The monoisotopic (exact) mass is 386 g/mol. The Kier molecular flexibility index (Phi) is 6.64. The maximum absolute atomic E-state index is 11.9. The average molecular weight is 387 g/mol. The normalized spacial score (nSPS) is 22.3. The zero-order valence-electron chi connectivity index (χ0n) is 18.4. The van der Waals surface area contributed by atoms with E-state index >= 15 is 0 Å². The second kappa shape index (κ2) is 8.81. The molecule has 2 aliphatic rings. The quantitative estimate of drug-likeness (QED) is 0.857. The van der Waals surface area contributed by atoms with Gasteiger partial charge in [-0.1, -0.05) is 27.7 Å². The minimum Gasteiger partial charge on any atom is -0.370 e. The molecule has 5 nitrogen and oxygen atoms in total. The molecule has 1 atom stereocenters. The number of hydrogen-bond acceptors (Lipinski definition) is 4. The molecule has 1 amide bonds. The maximum atomic E-state index is 11.9. The van der Waals surface area contributed by atoms with Crippen LogP contribution in [0.1, 0.15) is 69.6 Å². The number of aromatic nitrogens is 1. The molecule has 5 heteroatoms. The molecule has 0 aromatic carbocycles. The molecule has 1 unspecified atom stereocenters. The van der Waals surface area contributed by atoms with Crippen LogP contribution < -0.4 is 10.2 Å². The van der Waals surface area contributed by atoms with E-state index in [1.54, 1.807) is 7.05 Å². The van der Waals surface area contributed by atoms with Crippen molar-refractivity contribution in [1.29, 1.82) is 0 Å². The summed E-state index contributed by atoms with van der Waals surface area (Å²) in [7, 11) is 1.65. The van der Waals surface area contributed by atoms with Gasteiger partial charge in [0, 0.05) is 32.7 Å². The first-order valence-electron chi connectivity index (χ1n) is 11.0. The Morgan fingerprint density at radius 2 is 1.89 bits per heavy atom. The second-order valence-electron chi connectivity index (χ2n) is 9.51. The van der Waals surface area contributed by atoms with E-state index < -0.39 is 0 Å². The third kappa shape index (κ3) is 4.68. The Hall–Kier alpha value is -1.62. The van der Waals surface area contributed by atoms with Gasteiger partial charge in [0.05, 0.1) is 11.4 Å². The number of carbonyl (C=O) groups excluding carboxylic acids is 1. The Bertz CT molecular complexity index is 674. The van der Waals surface area contributed by atoms with Crippen LogP contribution in [0.25, 0.3) is 0 Å². The fraction of sp³-hybridized carbons (Fsp3) is 0.739. The van der Waals surface area contributed by atoms with Gasteiger partial charge in [-0.2, -0.15) is 0 Å². The summed E-state index contributed by atoms with van der Waals surface area (Å²) in [6, 6.07) is 4.66. The van der Waals surface area contributed by atoms with E-state index in [2.05, 4.69) is 53.9 Å². The molecule has 0 spiro atoms. The van der Waals surface area contributed by atoms with Crippen molar-refractivity contribution in [1.82, 2.24) is 15.2 Å². The van der Waals surface area contributed by atoms with Crippen molar-refractivity contribution < 1.29 is 4.79 Å². The van der Waals surface area contributed by atoms with Crippen LogP contribution in [0, 0.1) is 11.3 Å². The summed E-state index contributed by atoms with van der Waals surface area (Å²) in [5.41, 5.74) is 3.16. The van der Waals surface area contributed by atoms with Crippen molar-refractivity contribution >= 4 is 11.6 Å². The molecule has 0 radical (unpaired) electrons. The molecule has 2 saturated heterocycles. The van der Waals surface area contributed by atoms with Gasteiger partial charge in [-0.25, -0.2) is 4.98 Å². The third-order valence-electron chi connectivity index (χ3n) is 6.74. The first-order valence-corrected chi connectivity index (χ1v) is 11.0. The van der Waals surface area contributed by atoms with Crippen LogP contribution in [-0.2, 0) is 6.42 Å². The molecule has 0 bridgehead atoms. The number of anilines is 1. The molecule has 1 N–H and O–H groups in total. The standard InChI is InChI=1S/C23H38N4O/c1-6-19-21(10-9-20(25-19)22(28)24-5)26-14-11-18(12-15-26)27-13-7-8-17(16-27)23(2,3)4/h9-10,17-18H,6-8,11-16H2,1-5H3,(H,24,28). The van der Waals surface area contributed by atoms with E-state index in [1.807, 2.05) is 6.07 Å². The van der Waals surface area contributed by atoms with Crippen LogP contribution in [0.15, 0.2) is 12.1 Å². The zero-order valence-corrected chi connectivity index (χ0v) is 18.4. The highest BCUT2D eigenvalue weighted by Crippen LogP contribution is 2.35. The molecule has 156 valence electrons. The van der Waals surface area contributed by atoms with Gasteiger partial charge in [-0.3, -0.25) is 9.69 Å². The fourth-order valence-corrected chi connectivity index (χ4v) is 4.81. The van der Waals surface area contributed by atoms with Crippen molar-refractivity contribution in [2.75, 3.05) is 38.1 Å². The number of amides is 1. The van der Waals surface area contributed by atoms with E-state index in [0.717, 1.165) is 31.1 Å². The molecule has 0 aliphatic carbocycles. The summed E-state index contributed by atoms with van der Waals surface area (Å²) in [5, 5.41) is 2.67. The molecule has 3 rings (SSSR count). The molecule has 2 aliphatic heterocycles. The van der Waals surface area contributed by atoms with Crippen LogP contribution >= 0.6 is 0 Å². The number of hydrogen-bond donors (Lipinski definition) is 1. The number of nitrogens with one attached hydrogen (secondary N) is 1. The van der Waals surface area contributed by atoms with Gasteiger partial charge in [0.15, 0.2) is 0 Å². The summed E-state index contributed by atoms with van der Waals surface area (Å²) < 4.78 is 0. The predicted octanol–water partition coefficient (Wildman–Crippen LogP) is 3.73. The van der Waals surface area contributed by atoms with Crippen LogP contribution in [0.4, 0.5) is 5.69 Å². The van der Waals surface area contributed by atoms with Gasteiger partial charge in [-0.05, 0) is 62.1 Å². The number of nitrogens with zero attached hydrogens (tertiary/aromatic N) is 3. The van der Waals surface area contributed by atoms with E-state index in [1.165, 1.54) is 44.5 Å². The van der Waals surface area contributed by atoms with Crippen molar-refractivity contribution in [2.45, 2.75) is 65.8 Å². The lowest BCUT2D eigenvalue weighted by Gasteiger charge is -2.46. The number of aryl methyl sites for hydroxylation is 1. The number of piperidine rings is 2. The Morgan fingerprint density at radius 1 is 1.18 bits per heavy atom. The van der Waals surface area contributed by atoms with E-state index in [4.69, 9.17) is 0 Å². The molecule has 1 aromatic rings. The van der Waals surface area contributed by atoms with Crippen molar-refractivity contribution in [3.05, 3.63) is 23.5 Å². The minimum atomic E-state index is -0.113. The van der Waals surface area contributed by atoms with Crippen molar-refractivity contribution in [3.63, 3.8) is 0 Å². The van der Waals surface area contributed by atoms with E-state index in [-0.39, 0.29) is 5.91 Å². The lowest BCUT2D eigenvalue weighted by atomic mass is 9.76. The first kappa shape index (κ1) is 21.1. The van der Waals surface area contributed by atoms with Crippen LogP contribution in [0.5, 0.6) is 0 Å². The first-order chi connectivity index (χ1) is 13.3. The van der Waals surface area contributed by atoms with Crippen molar-refractivity contribution in [3.8, 4) is 0 Å². The average Bonchev–Trinajstić information content (AvgIpc) is 2.72. The predicted molar refractivity (Wildman–Crippen MR) is 116 cm³/mol. The summed E-state index contributed by atoms with van der Waals surface area (Å²) in [6.45, 7) is 14.0. The largest absolute Gasteiger partial charge is 0.370 e. The summed E-state index contributed by atoms with van der Waals surface area (Å²) in [4.78, 5) is 21.8. The Labute approximate surface area is 170 Å². The lowest BCUT2D eigenvalue weighted by Crippen LogP contribution is -2.50. The topological polar surface area (TPSA) is 48.5 Å². The molecule has 1 aromatic heterocycles. The van der Waals surface area contributed by atoms with Crippen LogP contribution in [0.2, 0.25) is 0 Å². The third-order valence-corrected chi connectivity index (χ3v) is 6.74. The Morgan fingerprint density at radius 3 is 2.50 bits per heavy atom. The van der Waals surface area contributed by atoms with Gasteiger partial charge < -0.3 is 10.2 Å². The number of pyridine rings is 1. The number of likely N-dealkylation sites (tertiary alicyclic amines) is 1. The van der Waals surface area contributed by atoms with Gasteiger partial charge in [-0.15, -0.1) is 0 Å². The van der Waals surface area contributed by atoms with E-state index in [0.29, 0.717) is 17.2 Å². The highest BCUT2D eigenvalue weighted by molar-refractivity contribution is 5.92. The molecule has 28 heavy (non-hydrogen) atoms. The molecule has 2 fully saturated rings. The summed E-state index contributed by atoms with van der Waals surface area (Å²) >= 11 is 0. The maximum Gasteiger partial charge on any atom is 0.269 e. The fourth-order valence-electron chi connectivity index (χ4n) is 4.81. The van der Waals surface area contributed by atoms with Gasteiger partial charge >= 0.3 is 0 Å². The second-order valence-corrected chi connectivity index (χ2v) is 9.51. The zero-order chi connectivity index (χ0) is 20.3. The van der Waals surface area contributed by atoms with Crippen LogP contribution in [0.3, 0.4) is 0 Å². The summed E-state index contributed by atoms with van der Waals surface area (Å²) in [6.07, 6.45) is 6.00. The van der Waals surface area contributed by atoms with Gasteiger partial charge in [0.1, 0.15) is 5.69 Å². The lowest BCUT2D eigenvalue weighted by molar-refractivity contribution is 0.0593. The molecule has 0 saturated carbocycles. The van der Waals surface area contributed by atoms with Gasteiger partial charge in [0.2, 0.25) is 0 Å². The number of rotatable bonds is 4. The molecular formula is C23H38N4O. The highest BCUT2D eigenvalue weighted by atomic mass is 16.1.